The lowest BCUT2D eigenvalue weighted by atomic mass is 10.1. The van der Waals surface area contributed by atoms with Crippen LogP contribution in [-0.2, 0) is 31.0 Å². The molecule has 0 bridgehead atoms. The first kappa shape index (κ1) is 24.3. The van der Waals surface area contributed by atoms with Crippen LogP contribution in [0.4, 0.5) is 0 Å². The molecule has 162 valence electrons. The number of aliphatic carboxylic acids is 1. The SMILES string of the molecule is CCOP(=O)(Cc1ccc(C(=O)N[C@@H](Cc2ccccc2Br)C(=O)O)cc1)OCC. The van der Waals surface area contributed by atoms with Crippen molar-refractivity contribution < 1.29 is 28.3 Å². The number of carboxylic acid groups (broad SMARTS) is 1. The number of amides is 1. The highest BCUT2D eigenvalue weighted by Crippen LogP contribution is 2.51. The fraction of sp³-hybridized carbons (Fsp3) is 0.333. The number of rotatable bonds is 11. The van der Waals surface area contributed by atoms with Gasteiger partial charge in [-0.25, -0.2) is 4.79 Å². The molecule has 7 nitrogen and oxygen atoms in total. The number of halogens is 1. The van der Waals surface area contributed by atoms with E-state index < -0.39 is 25.5 Å². The average Bonchev–Trinajstić information content (AvgIpc) is 2.69. The van der Waals surface area contributed by atoms with Gasteiger partial charge in [0.25, 0.3) is 5.91 Å². The average molecular weight is 498 g/mol. The second-order valence-corrected chi connectivity index (χ2v) is 9.37. The van der Waals surface area contributed by atoms with Crippen molar-refractivity contribution in [3.05, 3.63) is 69.7 Å². The van der Waals surface area contributed by atoms with Crippen LogP contribution in [-0.4, -0.2) is 36.2 Å². The molecule has 0 fully saturated rings. The minimum Gasteiger partial charge on any atom is -0.480 e. The fourth-order valence-electron chi connectivity index (χ4n) is 2.83. The van der Waals surface area contributed by atoms with E-state index in [1.54, 1.807) is 44.2 Å². The summed E-state index contributed by atoms with van der Waals surface area (Å²) in [5, 5.41) is 12.1. The molecule has 2 aromatic carbocycles. The van der Waals surface area contributed by atoms with Crippen molar-refractivity contribution >= 4 is 35.4 Å². The Morgan fingerprint density at radius 3 is 2.20 bits per heavy atom. The van der Waals surface area contributed by atoms with Crippen LogP contribution < -0.4 is 5.32 Å². The predicted molar refractivity (Wildman–Crippen MR) is 118 cm³/mol. The molecule has 0 spiro atoms. The van der Waals surface area contributed by atoms with E-state index in [0.29, 0.717) is 11.1 Å². The van der Waals surface area contributed by atoms with Crippen LogP contribution in [0.15, 0.2) is 53.0 Å². The van der Waals surface area contributed by atoms with Gasteiger partial charge in [-0.3, -0.25) is 9.36 Å². The van der Waals surface area contributed by atoms with E-state index in [-0.39, 0.29) is 25.8 Å². The lowest BCUT2D eigenvalue weighted by molar-refractivity contribution is -0.139. The number of nitrogens with one attached hydrogen (secondary N) is 1. The minimum atomic E-state index is -3.24. The largest absolute Gasteiger partial charge is 0.480 e. The fourth-order valence-corrected chi connectivity index (χ4v) is 4.98. The van der Waals surface area contributed by atoms with Gasteiger partial charge in [-0.05, 0) is 43.2 Å². The number of carbonyl (C=O) groups excluding carboxylic acids is 1. The van der Waals surface area contributed by atoms with Gasteiger partial charge in [0.05, 0.1) is 19.4 Å². The van der Waals surface area contributed by atoms with Crippen LogP contribution in [0, 0.1) is 0 Å². The van der Waals surface area contributed by atoms with Gasteiger partial charge in [-0.1, -0.05) is 46.3 Å². The van der Waals surface area contributed by atoms with Gasteiger partial charge in [-0.2, -0.15) is 0 Å². The van der Waals surface area contributed by atoms with E-state index in [0.717, 1.165) is 10.0 Å². The summed E-state index contributed by atoms with van der Waals surface area (Å²) >= 11 is 3.39. The minimum absolute atomic E-state index is 0.0936. The second kappa shape index (κ2) is 11.4. The van der Waals surface area contributed by atoms with Gasteiger partial charge >= 0.3 is 13.6 Å². The quantitative estimate of drug-likeness (QED) is 0.438. The Balaban J connectivity index is 2.07. The highest BCUT2D eigenvalue weighted by molar-refractivity contribution is 9.10. The van der Waals surface area contributed by atoms with Crippen LogP contribution in [0.1, 0.15) is 35.3 Å². The van der Waals surface area contributed by atoms with Crippen molar-refractivity contribution in [3.63, 3.8) is 0 Å². The van der Waals surface area contributed by atoms with Gasteiger partial charge in [0.2, 0.25) is 0 Å². The van der Waals surface area contributed by atoms with Crippen molar-refractivity contribution in [1.29, 1.82) is 0 Å². The standard InChI is InChI=1S/C21H25BrNO6P/c1-3-28-30(27,29-4-2)14-15-9-11-16(12-10-15)20(24)23-19(21(25)26)13-17-7-5-6-8-18(17)22/h5-12,19H,3-4,13-14H2,1-2H3,(H,23,24)(H,25,26)/t19-/m0/s1. The van der Waals surface area contributed by atoms with Crippen molar-refractivity contribution in [3.8, 4) is 0 Å². The molecule has 9 heteroatoms. The lowest BCUT2D eigenvalue weighted by Crippen LogP contribution is -2.42. The van der Waals surface area contributed by atoms with Crippen LogP contribution in [0.25, 0.3) is 0 Å². The third kappa shape index (κ3) is 7.06. The van der Waals surface area contributed by atoms with E-state index in [1.165, 1.54) is 0 Å². The zero-order valence-corrected chi connectivity index (χ0v) is 19.3. The summed E-state index contributed by atoms with van der Waals surface area (Å²) in [6.45, 7) is 4.02. The molecule has 1 atom stereocenters. The monoisotopic (exact) mass is 497 g/mol. The van der Waals surface area contributed by atoms with Crippen molar-refractivity contribution in [2.24, 2.45) is 0 Å². The van der Waals surface area contributed by atoms with Crippen LogP contribution in [0.5, 0.6) is 0 Å². The summed E-state index contributed by atoms with van der Waals surface area (Å²) < 4.78 is 24.0. The summed E-state index contributed by atoms with van der Waals surface area (Å²) in [7, 11) is -3.24. The Hall–Kier alpha value is -1.99. The molecule has 0 aliphatic rings. The summed E-state index contributed by atoms with van der Waals surface area (Å²) in [5.74, 6) is -1.62. The van der Waals surface area contributed by atoms with Crippen molar-refractivity contribution in [2.45, 2.75) is 32.5 Å². The number of benzene rings is 2. The molecule has 0 saturated heterocycles. The maximum atomic E-state index is 12.6. The molecule has 0 unspecified atom stereocenters. The molecule has 0 aromatic heterocycles. The Kier molecular flexibility index (Phi) is 9.24. The third-order valence-electron chi connectivity index (χ3n) is 4.23. The smallest absolute Gasteiger partial charge is 0.335 e. The molecule has 30 heavy (non-hydrogen) atoms. The maximum Gasteiger partial charge on any atom is 0.335 e. The Bertz CT molecular complexity index is 908. The number of hydrogen-bond acceptors (Lipinski definition) is 5. The van der Waals surface area contributed by atoms with E-state index in [9.17, 15) is 19.3 Å². The van der Waals surface area contributed by atoms with E-state index in [4.69, 9.17) is 9.05 Å². The first-order chi connectivity index (χ1) is 14.3. The van der Waals surface area contributed by atoms with Gasteiger partial charge in [0.1, 0.15) is 6.04 Å². The highest BCUT2D eigenvalue weighted by atomic mass is 79.9. The molecule has 2 N–H and O–H groups in total. The molecule has 1 amide bonds. The summed E-state index contributed by atoms with van der Waals surface area (Å²) in [4.78, 5) is 24.2. The highest BCUT2D eigenvalue weighted by Gasteiger charge is 2.25. The normalized spacial score (nSPS) is 12.4. The molecular weight excluding hydrogens is 473 g/mol. The summed E-state index contributed by atoms with van der Waals surface area (Å²) in [6.07, 6.45) is 0.239. The molecule has 0 saturated carbocycles. The molecule has 2 aromatic rings. The first-order valence-corrected chi connectivity index (χ1v) is 12.0. The molecular formula is C21H25BrNO6P. The molecule has 0 aliphatic heterocycles. The van der Waals surface area contributed by atoms with E-state index in [1.807, 2.05) is 18.2 Å². The summed E-state index contributed by atoms with van der Waals surface area (Å²) in [5.41, 5.74) is 1.78. The third-order valence-corrected chi connectivity index (χ3v) is 7.06. The molecule has 0 heterocycles. The van der Waals surface area contributed by atoms with Crippen molar-refractivity contribution in [2.75, 3.05) is 13.2 Å². The van der Waals surface area contributed by atoms with Crippen molar-refractivity contribution in [1.82, 2.24) is 5.32 Å². The number of carboxylic acids is 1. The van der Waals surface area contributed by atoms with E-state index >= 15 is 0 Å². The molecule has 0 radical (unpaired) electrons. The lowest BCUT2D eigenvalue weighted by Gasteiger charge is -2.17. The van der Waals surface area contributed by atoms with Gasteiger partial charge in [0.15, 0.2) is 0 Å². The van der Waals surface area contributed by atoms with Crippen LogP contribution in [0.3, 0.4) is 0 Å². The van der Waals surface area contributed by atoms with Crippen LogP contribution in [0.2, 0.25) is 0 Å². The Morgan fingerprint density at radius 2 is 1.67 bits per heavy atom. The Morgan fingerprint density at radius 1 is 1.07 bits per heavy atom. The van der Waals surface area contributed by atoms with Gasteiger partial charge in [-0.15, -0.1) is 0 Å². The molecule has 2 rings (SSSR count). The van der Waals surface area contributed by atoms with E-state index in [2.05, 4.69) is 21.2 Å². The maximum absolute atomic E-state index is 12.6. The zero-order chi connectivity index (χ0) is 22.1. The van der Waals surface area contributed by atoms with Gasteiger partial charge in [0, 0.05) is 16.5 Å². The summed E-state index contributed by atoms with van der Waals surface area (Å²) in [6, 6.07) is 12.6. The zero-order valence-electron chi connectivity index (χ0n) is 16.8. The second-order valence-electron chi connectivity index (χ2n) is 6.46. The van der Waals surface area contributed by atoms with Crippen LogP contribution >= 0.6 is 23.5 Å². The topological polar surface area (TPSA) is 102 Å². The first-order valence-electron chi connectivity index (χ1n) is 9.52. The number of carbonyl (C=O) groups is 2. The molecule has 0 aliphatic carbocycles. The van der Waals surface area contributed by atoms with Gasteiger partial charge < -0.3 is 19.5 Å². The Labute approximate surface area is 184 Å². The predicted octanol–water partition coefficient (Wildman–Crippen LogP) is 4.64. The number of hydrogen-bond donors (Lipinski definition) is 2.